The molecule has 5 nitrogen and oxygen atoms in total. The van der Waals surface area contributed by atoms with E-state index in [2.05, 4.69) is 10.2 Å². The molecule has 94 valence electrons. The fourth-order valence-corrected chi connectivity index (χ4v) is 2.50. The number of rotatable bonds is 2. The lowest BCUT2D eigenvalue weighted by molar-refractivity contribution is -0.171. The van der Waals surface area contributed by atoms with Gasteiger partial charge in [-0.05, 0) is 25.7 Å². The Labute approximate surface area is 96.3 Å². The Bertz CT molecular complexity index is 410. The zero-order valence-corrected chi connectivity index (χ0v) is 9.16. The summed E-state index contributed by atoms with van der Waals surface area (Å²) in [7, 11) is 0. The SMILES string of the molecule is NC12CCC(c3nnc(C(F)F)o3)(CC1)OC2. The lowest BCUT2D eigenvalue weighted by Gasteiger charge is -2.49. The van der Waals surface area contributed by atoms with Gasteiger partial charge in [0.15, 0.2) is 0 Å². The highest BCUT2D eigenvalue weighted by Crippen LogP contribution is 2.48. The molecule has 2 saturated heterocycles. The first-order valence-electron chi connectivity index (χ1n) is 5.58. The van der Waals surface area contributed by atoms with Crippen molar-refractivity contribution in [3.05, 3.63) is 11.8 Å². The van der Waals surface area contributed by atoms with Crippen LogP contribution in [0.4, 0.5) is 8.78 Å². The third kappa shape index (κ3) is 1.64. The van der Waals surface area contributed by atoms with E-state index < -0.39 is 17.9 Å². The van der Waals surface area contributed by atoms with E-state index in [4.69, 9.17) is 14.9 Å². The molecule has 1 aromatic heterocycles. The van der Waals surface area contributed by atoms with E-state index in [1.807, 2.05) is 0 Å². The van der Waals surface area contributed by atoms with Crippen LogP contribution >= 0.6 is 0 Å². The fourth-order valence-electron chi connectivity index (χ4n) is 2.50. The van der Waals surface area contributed by atoms with Gasteiger partial charge < -0.3 is 14.9 Å². The van der Waals surface area contributed by atoms with Crippen molar-refractivity contribution in [1.82, 2.24) is 10.2 Å². The van der Waals surface area contributed by atoms with Gasteiger partial charge in [-0.2, -0.15) is 8.78 Å². The quantitative estimate of drug-likeness (QED) is 0.854. The van der Waals surface area contributed by atoms with Crippen LogP contribution in [0.2, 0.25) is 0 Å². The van der Waals surface area contributed by atoms with Crippen molar-refractivity contribution in [2.45, 2.75) is 43.2 Å². The molecule has 0 atom stereocenters. The van der Waals surface area contributed by atoms with E-state index in [9.17, 15) is 8.78 Å². The van der Waals surface area contributed by atoms with Crippen LogP contribution in [0.5, 0.6) is 0 Å². The highest BCUT2D eigenvalue weighted by Gasteiger charge is 2.52. The van der Waals surface area contributed by atoms with Crippen LogP contribution in [0.3, 0.4) is 0 Å². The predicted octanol–water partition coefficient (Wildman–Crippen LogP) is 1.50. The maximum absolute atomic E-state index is 12.4. The molecule has 7 heteroatoms. The topological polar surface area (TPSA) is 74.2 Å². The van der Waals surface area contributed by atoms with E-state index in [1.165, 1.54) is 0 Å². The maximum atomic E-state index is 12.4. The molecule has 2 N–H and O–H groups in total. The van der Waals surface area contributed by atoms with Crippen molar-refractivity contribution in [2.75, 3.05) is 6.61 Å². The first-order valence-corrected chi connectivity index (χ1v) is 5.58. The third-order valence-electron chi connectivity index (χ3n) is 3.71. The average molecular weight is 245 g/mol. The number of aromatic nitrogens is 2. The third-order valence-corrected chi connectivity index (χ3v) is 3.71. The molecule has 0 unspecified atom stereocenters. The number of alkyl halides is 2. The summed E-state index contributed by atoms with van der Waals surface area (Å²) < 4.78 is 35.5. The average Bonchev–Trinajstić information content (AvgIpc) is 2.80. The molecule has 3 heterocycles. The van der Waals surface area contributed by atoms with Gasteiger partial charge >= 0.3 is 6.43 Å². The first kappa shape index (κ1) is 11.0. The molecule has 3 aliphatic rings. The lowest BCUT2D eigenvalue weighted by atomic mass is 9.71. The molecule has 0 spiro atoms. The second kappa shape index (κ2) is 3.46. The molecule has 1 aliphatic carbocycles. The standard InChI is InChI=1S/C10H13F2N3O2/c11-6(12)7-14-15-8(17-7)10-3-1-9(13,2-4-10)5-16-10/h6H,1-5,13H2. The zero-order chi connectivity index (χ0) is 12.1. The highest BCUT2D eigenvalue weighted by atomic mass is 19.3. The number of hydrogen-bond donors (Lipinski definition) is 1. The Kier molecular flexibility index (Phi) is 2.24. The minimum atomic E-state index is -2.74. The summed E-state index contributed by atoms with van der Waals surface area (Å²) >= 11 is 0. The molecule has 1 saturated carbocycles. The molecule has 2 bridgehead atoms. The van der Waals surface area contributed by atoms with Crippen molar-refractivity contribution in [1.29, 1.82) is 0 Å². The Hall–Kier alpha value is -1.08. The maximum Gasteiger partial charge on any atom is 0.314 e. The molecule has 0 aromatic carbocycles. The van der Waals surface area contributed by atoms with Crippen LogP contribution < -0.4 is 5.73 Å². The van der Waals surface area contributed by atoms with Crippen LogP contribution in [0.1, 0.15) is 43.9 Å². The number of nitrogens with two attached hydrogens (primary N) is 1. The lowest BCUT2D eigenvalue weighted by Crippen LogP contribution is -2.58. The summed E-state index contributed by atoms with van der Waals surface area (Å²) in [5.74, 6) is -0.484. The molecule has 17 heavy (non-hydrogen) atoms. The molecule has 2 aliphatic heterocycles. The van der Waals surface area contributed by atoms with Gasteiger partial charge in [0.05, 0.1) is 6.61 Å². The van der Waals surface area contributed by atoms with Crippen LogP contribution in [0, 0.1) is 0 Å². The summed E-state index contributed by atoms with van der Waals surface area (Å²) in [5, 5.41) is 7.03. The molecule has 3 fully saturated rings. The van der Waals surface area contributed by atoms with Gasteiger partial charge in [0.1, 0.15) is 5.60 Å². The Morgan fingerprint density at radius 1 is 1.18 bits per heavy atom. The van der Waals surface area contributed by atoms with E-state index in [1.54, 1.807) is 0 Å². The smallest absolute Gasteiger partial charge is 0.314 e. The largest absolute Gasteiger partial charge is 0.417 e. The van der Waals surface area contributed by atoms with Crippen molar-refractivity contribution in [2.24, 2.45) is 5.73 Å². The van der Waals surface area contributed by atoms with Gasteiger partial charge in [0, 0.05) is 5.54 Å². The fraction of sp³-hybridized carbons (Fsp3) is 0.800. The minimum absolute atomic E-state index is 0.162. The van der Waals surface area contributed by atoms with Gasteiger partial charge in [-0.1, -0.05) is 0 Å². The van der Waals surface area contributed by atoms with Crippen LogP contribution in [-0.2, 0) is 10.3 Å². The van der Waals surface area contributed by atoms with Crippen molar-refractivity contribution < 1.29 is 17.9 Å². The van der Waals surface area contributed by atoms with Crippen LogP contribution in [0.25, 0.3) is 0 Å². The van der Waals surface area contributed by atoms with Crippen LogP contribution in [-0.4, -0.2) is 22.3 Å². The number of hydrogen-bond acceptors (Lipinski definition) is 5. The Morgan fingerprint density at radius 3 is 2.35 bits per heavy atom. The highest BCUT2D eigenvalue weighted by molar-refractivity contribution is 5.09. The molecular weight excluding hydrogens is 232 g/mol. The van der Waals surface area contributed by atoms with E-state index in [-0.39, 0.29) is 11.4 Å². The molecule has 4 rings (SSSR count). The monoisotopic (exact) mass is 245 g/mol. The second-order valence-corrected chi connectivity index (χ2v) is 4.89. The van der Waals surface area contributed by atoms with Gasteiger partial charge in [-0.3, -0.25) is 0 Å². The second-order valence-electron chi connectivity index (χ2n) is 4.89. The van der Waals surface area contributed by atoms with E-state index in [0.717, 1.165) is 12.8 Å². The summed E-state index contributed by atoms with van der Waals surface area (Å²) in [6, 6.07) is 0. The van der Waals surface area contributed by atoms with Crippen molar-refractivity contribution >= 4 is 0 Å². The van der Waals surface area contributed by atoms with E-state index >= 15 is 0 Å². The van der Waals surface area contributed by atoms with Crippen molar-refractivity contribution in [3.8, 4) is 0 Å². The Balaban J connectivity index is 1.88. The number of halogens is 2. The molecule has 0 amide bonds. The van der Waals surface area contributed by atoms with Gasteiger partial charge in [0.25, 0.3) is 5.89 Å². The summed E-state index contributed by atoms with van der Waals surface area (Å²) in [6.45, 7) is 0.416. The zero-order valence-electron chi connectivity index (χ0n) is 9.16. The summed E-state index contributed by atoms with van der Waals surface area (Å²) in [4.78, 5) is 0. The molecule has 0 radical (unpaired) electrons. The van der Waals surface area contributed by atoms with E-state index in [0.29, 0.717) is 19.4 Å². The van der Waals surface area contributed by atoms with Gasteiger partial charge in [-0.25, -0.2) is 0 Å². The predicted molar refractivity (Wildman–Crippen MR) is 52.3 cm³/mol. The van der Waals surface area contributed by atoms with Gasteiger partial charge in [-0.15, -0.1) is 10.2 Å². The number of ether oxygens (including phenoxy) is 1. The van der Waals surface area contributed by atoms with Crippen LogP contribution in [0.15, 0.2) is 4.42 Å². The normalized spacial score (nSPS) is 36.7. The Morgan fingerprint density at radius 2 is 1.88 bits per heavy atom. The summed E-state index contributed by atoms with van der Waals surface area (Å²) in [5.41, 5.74) is 5.11. The minimum Gasteiger partial charge on any atom is -0.417 e. The summed E-state index contributed by atoms with van der Waals surface area (Å²) in [6.07, 6.45) is 0.134. The number of fused-ring (bicyclic) bond motifs is 3. The van der Waals surface area contributed by atoms with Gasteiger partial charge in [0.2, 0.25) is 5.89 Å². The van der Waals surface area contributed by atoms with Crippen molar-refractivity contribution in [3.63, 3.8) is 0 Å². The molecule has 1 aromatic rings. The first-order chi connectivity index (χ1) is 8.03. The number of nitrogens with zero attached hydrogens (tertiary/aromatic N) is 2. The molecular formula is C10H13F2N3O2.